The predicted molar refractivity (Wildman–Crippen MR) is 101 cm³/mol. The summed E-state index contributed by atoms with van der Waals surface area (Å²) in [5, 5.41) is 9.42. The second-order valence-electron chi connectivity index (χ2n) is 6.89. The first-order chi connectivity index (χ1) is 11.3. The maximum atomic E-state index is 12.0. The number of guanidine groups is 1. The van der Waals surface area contributed by atoms with Crippen molar-refractivity contribution in [3.63, 3.8) is 0 Å². The lowest BCUT2D eigenvalue weighted by molar-refractivity contribution is -0.128. The minimum absolute atomic E-state index is 0.0285. The summed E-state index contributed by atoms with van der Waals surface area (Å²) in [7, 11) is 0. The Kier molecular flexibility index (Phi) is 11.5. The Labute approximate surface area is 148 Å². The van der Waals surface area contributed by atoms with Crippen molar-refractivity contribution in [2.75, 3.05) is 32.8 Å². The smallest absolute Gasteiger partial charge is 0.227 e. The average molecular weight is 343 g/mol. The average Bonchev–Trinajstić information content (AvgIpc) is 2.51. The summed E-state index contributed by atoms with van der Waals surface area (Å²) in [6.07, 6.45) is 1.17. The predicted octanol–water partition coefficient (Wildman–Crippen LogP) is 2.16. The van der Waals surface area contributed by atoms with E-state index in [2.05, 4.69) is 34.8 Å². The van der Waals surface area contributed by atoms with Gasteiger partial charge in [0.15, 0.2) is 5.96 Å². The third-order valence-corrected chi connectivity index (χ3v) is 3.77. The highest BCUT2D eigenvalue weighted by Crippen LogP contribution is 2.15. The molecule has 1 amide bonds. The van der Waals surface area contributed by atoms with Gasteiger partial charge < -0.3 is 20.7 Å². The summed E-state index contributed by atoms with van der Waals surface area (Å²) < 4.78 is 5.76. The third-order valence-electron chi connectivity index (χ3n) is 3.77. The summed E-state index contributed by atoms with van der Waals surface area (Å²) in [6, 6.07) is 0. The van der Waals surface area contributed by atoms with Gasteiger partial charge in [-0.3, -0.25) is 9.79 Å². The molecule has 3 N–H and O–H groups in total. The van der Waals surface area contributed by atoms with E-state index in [0.717, 1.165) is 32.1 Å². The highest BCUT2D eigenvalue weighted by Gasteiger charge is 2.26. The van der Waals surface area contributed by atoms with Crippen LogP contribution in [0.2, 0.25) is 0 Å². The molecule has 0 aromatic heterocycles. The molecule has 0 heterocycles. The minimum Gasteiger partial charge on any atom is -0.378 e. The summed E-state index contributed by atoms with van der Waals surface area (Å²) in [5.74, 6) is 1.26. The third kappa shape index (κ3) is 9.11. The standard InChI is InChI=1S/C18H38N4O2/c1-8-19-16(23)18(6,7)13-22-17(20-9-2)21-12-11-15(14(4)5)24-10-3/h14-15H,8-13H2,1-7H3,(H,19,23)(H2,20,21,22). The summed E-state index contributed by atoms with van der Waals surface area (Å²) >= 11 is 0. The van der Waals surface area contributed by atoms with Crippen LogP contribution in [0.25, 0.3) is 0 Å². The molecule has 0 aromatic carbocycles. The second kappa shape index (κ2) is 12.1. The molecular formula is C18H38N4O2. The Bertz CT molecular complexity index is 381. The van der Waals surface area contributed by atoms with E-state index >= 15 is 0 Å². The number of aliphatic imine (C=N–C) groups is 1. The SMILES string of the molecule is CCNC(=O)C(C)(C)CN=C(NCC)NCCC(OCC)C(C)C. The number of amides is 1. The molecule has 0 saturated heterocycles. The van der Waals surface area contributed by atoms with Crippen LogP contribution in [-0.4, -0.2) is 50.8 Å². The van der Waals surface area contributed by atoms with E-state index in [0.29, 0.717) is 19.0 Å². The van der Waals surface area contributed by atoms with Gasteiger partial charge in [-0.1, -0.05) is 13.8 Å². The van der Waals surface area contributed by atoms with Gasteiger partial charge in [0.2, 0.25) is 5.91 Å². The Morgan fingerprint density at radius 1 is 1.08 bits per heavy atom. The van der Waals surface area contributed by atoms with E-state index < -0.39 is 5.41 Å². The topological polar surface area (TPSA) is 74.8 Å². The maximum absolute atomic E-state index is 12.0. The van der Waals surface area contributed by atoms with Crippen molar-refractivity contribution in [1.29, 1.82) is 0 Å². The molecule has 1 atom stereocenters. The Morgan fingerprint density at radius 2 is 1.71 bits per heavy atom. The fourth-order valence-electron chi connectivity index (χ4n) is 2.25. The van der Waals surface area contributed by atoms with Crippen LogP contribution in [0.4, 0.5) is 0 Å². The molecule has 0 spiro atoms. The lowest BCUT2D eigenvalue weighted by Crippen LogP contribution is -2.42. The maximum Gasteiger partial charge on any atom is 0.227 e. The Morgan fingerprint density at radius 3 is 2.21 bits per heavy atom. The monoisotopic (exact) mass is 342 g/mol. The molecule has 0 aliphatic rings. The van der Waals surface area contributed by atoms with E-state index in [1.807, 2.05) is 34.6 Å². The van der Waals surface area contributed by atoms with Crippen molar-refractivity contribution < 1.29 is 9.53 Å². The van der Waals surface area contributed by atoms with Gasteiger partial charge in [0.05, 0.1) is 18.1 Å². The molecule has 24 heavy (non-hydrogen) atoms. The molecule has 0 bridgehead atoms. The zero-order valence-corrected chi connectivity index (χ0v) is 16.7. The zero-order valence-electron chi connectivity index (χ0n) is 16.7. The van der Waals surface area contributed by atoms with E-state index in [1.54, 1.807) is 0 Å². The molecule has 0 fully saturated rings. The fourth-order valence-corrected chi connectivity index (χ4v) is 2.25. The highest BCUT2D eigenvalue weighted by molar-refractivity contribution is 5.83. The molecule has 0 saturated carbocycles. The van der Waals surface area contributed by atoms with Crippen molar-refractivity contribution in [3.05, 3.63) is 0 Å². The van der Waals surface area contributed by atoms with Gasteiger partial charge in [-0.25, -0.2) is 0 Å². The van der Waals surface area contributed by atoms with E-state index in [9.17, 15) is 4.79 Å². The van der Waals surface area contributed by atoms with Crippen molar-refractivity contribution >= 4 is 11.9 Å². The van der Waals surface area contributed by atoms with Crippen molar-refractivity contribution in [2.45, 2.75) is 61.0 Å². The first-order valence-corrected chi connectivity index (χ1v) is 9.20. The fraction of sp³-hybridized carbons (Fsp3) is 0.889. The van der Waals surface area contributed by atoms with Crippen molar-refractivity contribution in [2.24, 2.45) is 16.3 Å². The molecule has 6 heteroatoms. The molecule has 0 aromatic rings. The van der Waals surface area contributed by atoms with Crippen LogP contribution in [0.15, 0.2) is 4.99 Å². The van der Waals surface area contributed by atoms with Crippen LogP contribution in [0.5, 0.6) is 0 Å². The number of nitrogens with one attached hydrogen (secondary N) is 3. The molecule has 0 radical (unpaired) electrons. The number of hydrogen-bond acceptors (Lipinski definition) is 3. The van der Waals surface area contributed by atoms with E-state index in [-0.39, 0.29) is 12.0 Å². The number of rotatable bonds is 11. The van der Waals surface area contributed by atoms with Gasteiger partial charge in [-0.2, -0.15) is 0 Å². The van der Waals surface area contributed by atoms with Crippen LogP contribution < -0.4 is 16.0 Å². The largest absolute Gasteiger partial charge is 0.378 e. The summed E-state index contributed by atoms with van der Waals surface area (Å²) in [4.78, 5) is 16.6. The number of carbonyl (C=O) groups is 1. The van der Waals surface area contributed by atoms with Crippen LogP contribution in [0.3, 0.4) is 0 Å². The number of hydrogen-bond donors (Lipinski definition) is 3. The molecule has 1 unspecified atom stereocenters. The number of nitrogens with zero attached hydrogens (tertiary/aromatic N) is 1. The molecule has 0 aliphatic heterocycles. The van der Waals surface area contributed by atoms with E-state index in [4.69, 9.17) is 4.74 Å². The van der Waals surface area contributed by atoms with Gasteiger partial charge in [0.1, 0.15) is 0 Å². The van der Waals surface area contributed by atoms with Gasteiger partial charge >= 0.3 is 0 Å². The highest BCUT2D eigenvalue weighted by atomic mass is 16.5. The quantitative estimate of drug-likeness (QED) is 0.397. The van der Waals surface area contributed by atoms with Gasteiger partial charge in [-0.15, -0.1) is 0 Å². The van der Waals surface area contributed by atoms with Gasteiger partial charge in [0, 0.05) is 26.2 Å². The molecule has 142 valence electrons. The van der Waals surface area contributed by atoms with Gasteiger partial charge in [-0.05, 0) is 47.0 Å². The minimum atomic E-state index is -0.524. The van der Waals surface area contributed by atoms with Crippen LogP contribution >= 0.6 is 0 Å². The van der Waals surface area contributed by atoms with Crippen LogP contribution in [0, 0.1) is 11.3 Å². The zero-order chi connectivity index (χ0) is 18.6. The lowest BCUT2D eigenvalue weighted by atomic mass is 9.92. The molecule has 0 aliphatic carbocycles. The lowest BCUT2D eigenvalue weighted by Gasteiger charge is -2.23. The first kappa shape index (κ1) is 22.7. The molecule has 0 rings (SSSR count). The number of ether oxygens (including phenoxy) is 1. The van der Waals surface area contributed by atoms with Gasteiger partial charge in [0.25, 0.3) is 0 Å². The van der Waals surface area contributed by atoms with E-state index in [1.165, 1.54) is 0 Å². The number of carbonyl (C=O) groups excluding carboxylic acids is 1. The van der Waals surface area contributed by atoms with Crippen LogP contribution in [-0.2, 0) is 9.53 Å². The van der Waals surface area contributed by atoms with Crippen LogP contribution in [0.1, 0.15) is 54.9 Å². The first-order valence-electron chi connectivity index (χ1n) is 9.20. The second-order valence-corrected chi connectivity index (χ2v) is 6.89. The van der Waals surface area contributed by atoms with Crippen molar-refractivity contribution in [1.82, 2.24) is 16.0 Å². The normalized spacial score (nSPS) is 13.8. The summed E-state index contributed by atoms with van der Waals surface area (Å²) in [5.41, 5.74) is -0.524. The summed E-state index contributed by atoms with van der Waals surface area (Å²) in [6.45, 7) is 17.5. The van der Waals surface area contributed by atoms with Crippen molar-refractivity contribution in [3.8, 4) is 0 Å². The molecule has 6 nitrogen and oxygen atoms in total. The Hall–Kier alpha value is -1.30. The molecular weight excluding hydrogens is 304 g/mol. The Balaban J connectivity index is 4.59.